The van der Waals surface area contributed by atoms with Gasteiger partial charge in [0.1, 0.15) is 15.3 Å². The van der Waals surface area contributed by atoms with Crippen LogP contribution in [-0.4, -0.2) is 25.9 Å². The van der Waals surface area contributed by atoms with Gasteiger partial charge in [-0.1, -0.05) is 18.2 Å². The summed E-state index contributed by atoms with van der Waals surface area (Å²) < 4.78 is 39.4. The van der Waals surface area contributed by atoms with Crippen LogP contribution in [0.15, 0.2) is 70.5 Å². The molecule has 8 heteroatoms. The van der Waals surface area contributed by atoms with Crippen molar-refractivity contribution in [2.45, 2.75) is 9.46 Å². The largest absolute Gasteiger partial charge is 0.350 e. The molecule has 26 heavy (non-hydrogen) atoms. The predicted octanol–water partition coefficient (Wildman–Crippen LogP) is 3.23. The van der Waals surface area contributed by atoms with E-state index < -0.39 is 26.8 Å². The molecular formula is C18H15FN2O3S2. The average molecular weight is 390 g/mol. The van der Waals surface area contributed by atoms with Crippen LogP contribution in [-0.2, 0) is 9.84 Å². The third-order valence-corrected chi connectivity index (χ3v) is 7.30. The Morgan fingerprint density at radius 2 is 1.92 bits per heavy atom. The van der Waals surface area contributed by atoms with E-state index in [0.717, 1.165) is 11.3 Å². The molecule has 0 aliphatic rings. The zero-order chi connectivity index (χ0) is 18.6. The number of benzene rings is 1. The zero-order valence-electron chi connectivity index (χ0n) is 13.5. The summed E-state index contributed by atoms with van der Waals surface area (Å²) in [5.41, 5.74) is 0.741. The first-order valence-corrected chi connectivity index (χ1v) is 10.1. The lowest BCUT2D eigenvalue weighted by atomic mass is 10.1. The molecule has 0 aliphatic carbocycles. The van der Waals surface area contributed by atoms with Gasteiger partial charge >= 0.3 is 0 Å². The van der Waals surface area contributed by atoms with E-state index in [0.29, 0.717) is 11.1 Å². The molecule has 1 amide bonds. The number of carbonyl (C=O) groups excluding carboxylic acids is 1. The van der Waals surface area contributed by atoms with Crippen LogP contribution in [0.2, 0.25) is 0 Å². The molecule has 0 radical (unpaired) electrons. The lowest BCUT2D eigenvalue weighted by Crippen LogP contribution is -2.31. The number of nitrogens with zero attached hydrogens (tertiary/aromatic N) is 1. The van der Waals surface area contributed by atoms with Gasteiger partial charge in [0.15, 0.2) is 9.84 Å². The van der Waals surface area contributed by atoms with Crippen LogP contribution in [0.4, 0.5) is 4.39 Å². The van der Waals surface area contributed by atoms with Crippen LogP contribution in [0.3, 0.4) is 0 Å². The summed E-state index contributed by atoms with van der Waals surface area (Å²) in [6.07, 6.45) is 2.94. The first-order chi connectivity index (χ1) is 12.5. The van der Waals surface area contributed by atoms with Gasteiger partial charge in [-0.3, -0.25) is 9.78 Å². The van der Waals surface area contributed by atoms with Crippen molar-refractivity contribution in [2.75, 3.05) is 6.54 Å². The van der Waals surface area contributed by atoms with Crippen LogP contribution in [0.1, 0.15) is 21.2 Å². The molecule has 0 unspecified atom stereocenters. The van der Waals surface area contributed by atoms with E-state index in [4.69, 9.17) is 0 Å². The van der Waals surface area contributed by atoms with Gasteiger partial charge in [0, 0.05) is 18.9 Å². The van der Waals surface area contributed by atoms with Crippen molar-refractivity contribution in [1.82, 2.24) is 10.3 Å². The van der Waals surface area contributed by atoms with Crippen LogP contribution in [0.25, 0.3) is 0 Å². The molecule has 0 saturated heterocycles. The minimum atomic E-state index is -3.74. The van der Waals surface area contributed by atoms with Gasteiger partial charge in [-0.25, -0.2) is 12.8 Å². The molecule has 0 fully saturated rings. The predicted molar refractivity (Wildman–Crippen MR) is 97.2 cm³/mol. The van der Waals surface area contributed by atoms with Crippen molar-refractivity contribution in [3.63, 3.8) is 0 Å². The molecule has 2 heterocycles. The number of aromatic nitrogens is 1. The van der Waals surface area contributed by atoms with E-state index in [-0.39, 0.29) is 10.8 Å². The molecule has 2 aromatic heterocycles. The molecule has 0 saturated carbocycles. The first-order valence-electron chi connectivity index (χ1n) is 7.69. The standard InChI is InChI=1S/C18H15FN2O3S2/c19-15-7-5-13(6-8-15)16(26(23,24)17-4-2-10-25-17)12-21-18(22)14-3-1-9-20-11-14/h1-11,16H,12H2,(H,21,22)/t16-/m1/s1. The molecule has 1 N–H and O–H groups in total. The van der Waals surface area contributed by atoms with Crippen molar-refractivity contribution >= 4 is 27.1 Å². The fourth-order valence-corrected chi connectivity index (χ4v) is 5.30. The maximum atomic E-state index is 13.2. The number of hydrogen-bond donors (Lipinski definition) is 1. The Morgan fingerprint density at radius 1 is 1.15 bits per heavy atom. The van der Waals surface area contributed by atoms with E-state index in [1.165, 1.54) is 36.5 Å². The third-order valence-electron chi connectivity index (χ3n) is 3.76. The normalized spacial score (nSPS) is 12.5. The fraction of sp³-hybridized carbons (Fsp3) is 0.111. The van der Waals surface area contributed by atoms with Gasteiger partial charge in [0.25, 0.3) is 5.91 Å². The van der Waals surface area contributed by atoms with Crippen LogP contribution in [0.5, 0.6) is 0 Å². The lowest BCUT2D eigenvalue weighted by Gasteiger charge is -2.18. The number of pyridine rings is 1. The summed E-state index contributed by atoms with van der Waals surface area (Å²) in [4.78, 5) is 16.1. The quantitative estimate of drug-likeness (QED) is 0.701. The SMILES string of the molecule is O=C(NC[C@H](c1ccc(F)cc1)S(=O)(=O)c1cccs1)c1cccnc1. The van der Waals surface area contributed by atoms with Crippen molar-refractivity contribution < 1.29 is 17.6 Å². The average Bonchev–Trinajstić information content (AvgIpc) is 3.19. The number of amides is 1. The second-order valence-corrected chi connectivity index (χ2v) is 8.77. The molecule has 3 aromatic rings. The van der Waals surface area contributed by atoms with Gasteiger partial charge in [0.2, 0.25) is 0 Å². The number of thiophene rings is 1. The molecule has 1 aromatic carbocycles. The highest BCUT2D eigenvalue weighted by atomic mass is 32.2. The lowest BCUT2D eigenvalue weighted by molar-refractivity contribution is 0.0953. The van der Waals surface area contributed by atoms with E-state index in [1.54, 1.807) is 29.8 Å². The molecule has 0 spiro atoms. The van der Waals surface area contributed by atoms with Gasteiger partial charge in [-0.15, -0.1) is 11.3 Å². The summed E-state index contributed by atoms with van der Waals surface area (Å²) in [6.45, 7) is -0.139. The topological polar surface area (TPSA) is 76.1 Å². The molecule has 3 rings (SSSR count). The molecule has 0 aliphatic heterocycles. The fourth-order valence-electron chi connectivity index (χ4n) is 2.43. The highest BCUT2D eigenvalue weighted by molar-refractivity contribution is 7.93. The minimum absolute atomic E-state index is 0.139. The smallest absolute Gasteiger partial charge is 0.252 e. The van der Waals surface area contributed by atoms with Crippen LogP contribution < -0.4 is 5.32 Å². The second kappa shape index (κ2) is 7.76. The highest BCUT2D eigenvalue weighted by Crippen LogP contribution is 2.31. The van der Waals surface area contributed by atoms with Gasteiger partial charge in [-0.2, -0.15) is 0 Å². The number of sulfone groups is 1. The third kappa shape index (κ3) is 3.97. The van der Waals surface area contributed by atoms with E-state index in [2.05, 4.69) is 10.3 Å². The van der Waals surface area contributed by atoms with Crippen molar-refractivity contribution in [1.29, 1.82) is 0 Å². The van der Waals surface area contributed by atoms with Crippen molar-refractivity contribution in [3.8, 4) is 0 Å². The van der Waals surface area contributed by atoms with Crippen molar-refractivity contribution in [3.05, 3.63) is 83.2 Å². The molecule has 0 bridgehead atoms. The molecule has 5 nitrogen and oxygen atoms in total. The van der Waals surface area contributed by atoms with Gasteiger partial charge in [0.05, 0.1) is 5.56 Å². The number of carbonyl (C=O) groups is 1. The van der Waals surface area contributed by atoms with E-state index in [1.807, 2.05) is 0 Å². The summed E-state index contributed by atoms with van der Waals surface area (Å²) in [5, 5.41) is 3.28. The Labute approximate surface area is 154 Å². The maximum Gasteiger partial charge on any atom is 0.252 e. The number of hydrogen-bond acceptors (Lipinski definition) is 5. The molecule has 134 valence electrons. The Morgan fingerprint density at radius 3 is 2.54 bits per heavy atom. The Hall–Kier alpha value is -2.58. The second-order valence-electron chi connectivity index (χ2n) is 5.47. The van der Waals surface area contributed by atoms with Gasteiger partial charge in [-0.05, 0) is 41.3 Å². The summed E-state index contributed by atoms with van der Waals surface area (Å²) in [7, 11) is -3.74. The van der Waals surface area contributed by atoms with E-state index >= 15 is 0 Å². The number of halogens is 1. The number of nitrogens with one attached hydrogen (secondary N) is 1. The Balaban J connectivity index is 1.89. The van der Waals surface area contributed by atoms with Crippen LogP contribution >= 0.6 is 11.3 Å². The summed E-state index contributed by atoms with van der Waals surface area (Å²) in [5.74, 6) is -0.882. The first kappa shape index (κ1) is 18.2. The summed E-state index contributed by atoms with van der Waals surface area (Å²) in [6, 6.07) is 11.6. The monoisotopic (exact) mass is 390 g/mol. The molecule has 1 atom stereocenters. The zero-order valence-corrected chi connectivity index (χ0v) is 15.1. The van der Waals surface area contributed by atoms with Crippen molar-refractivity contribution in [2.24, 2.45) is 0 Å². The van der Waals surface area contributed by atoms with Crippen LogP contribution in [0, 0.1) is 5.82 Å². The molecular weight excluding hydrogens is 375 g/mol. The Kier molecular flexibility index (Phi) is 5.43. The number of rotatable bonds is 6. The van der Waals surface area contributed by atoms with Gasteiger partial charge < -0.3 is 5.32 Å². The highest BCUT2D eigenvalue weighted by Gasteiger charge is 2.30. The maximum absolute atomic E-state index is 13.2. The minimum Gasteiger partial charge on any atom is -0.350 e. The Bertz CT molecular complexity index is 973. The summed E-state index contributed by atoms with van der Waals surface area (Å²) >= 11 is 1.10. The van der Waals surface area contributed by atoms with E-state index in [9.17, 15) is 17.6 Å².